The lowest BCUT2D eigenvalue weighted by Gasteiger charge is -2.28. The first-order valence-corrected chi connectivity index (χ1v) is 13.2. The van der Waals surface area contributed by atoms with Crippen molar-refractivity contribution in [1.29, 1.82) is 0 Å². The molecule has 0 saturated heterocycles. The van der Waals surface area contributed by atoms with E-state index >= 15 is 0 Å². The average molecular weight is 688 g/mol. The van der Waals surface area contributed by atoms with Gasteiger partial charge in [0.2, 0.25) is 0 Å². The highest BCUT2D eigenvalue weighted by molar-refractivity contribution is 9.11. The van der Waals surface area contributed by atoms with E-state index in [1.165, 1.54) is 0 Å². The molecule has 8 heteroatoms. The Labute approximate surface area is 218 Å². The van der Waals surface area contributed by atoms with Gasteiger partial charge in [-0.05, 0) is 113 Å². The van der Waals surface area contributed by atoms with Gasteiger partial charge in [0.1, 0.15) is 11.5 Å². The summed E-state index contributed by atoms with van der Waals surface area (Å²) in [5.41, 5.74) is 1.92. The smallest absolute Gasteiger partial charge is 0.147 e. The van der Waals surface area contributed by atoms with E-state index in [4.69, 9.17) is 9.47 Å². The first-order valence-electron chi connectivity index (χ1n) is 10.0. The molecule has 0 aliphatic carbocycles. The van der Waals surface area contributed by atoms with Gasteiger partial charge in [-0.15, -0.1) is 0 Å². The summed E-state index contributed by atoms with van der Waals surface area (Å²) in [6.45, 7) is 8.70. The molecule has 0 aromatic heterocycles. The van der Waals surface area contributed by atoms with Gasteiger partial charge in [-0.25, -0.2) is 0 Å². The van der Waals surface area contributed by atoms with Gasteiger partial charge < -0.3 is 19.7 Å². The maximum Gasteiger partial charge on any atom is 0.147 e. The molecule has 0 aliphatic rings. The van der Waals surface area contributed by atoms with Crippen LogP contribution in [0.5, 0.6) is 11.5 Å². The monoisotopic (exact) mass is 684 g/mol. The molecule has 172 valence electrons. The first kappa shape index (κ1) is 27.1. The van der Waals surface area contributed by atoms with Crippen molar-refractivity contribution in [2.45, 2.75) is 58.2 Å². The second-order valence-electron chi connectivity index (χ2n) is 8.14. The van der Waals surface area contributed by atoms with Crippen molar-refractivity contribution in [2.24, 2.45) is 0 Å². The Morgan fingerprint density at radius 1 is 0.710 bits per heavy atom. The maximum atomic E-state index is 9.45. The molecular formula is C23H28Br4O4. The van der Waals surface area contributed by atoms with Gasteiger partial charge >= 0.3 is 0 Å². The summed E-state index contributed by atoms with van der Waals surface area (Å²) in [6, 6.07) is 8.27. The van der Waals surface area contributed by atoms with Crippen LogP contribution in [-0.4, -0.2) is 35.6 Å². The lowest BCUT2D eigenvalue weighted by molar-refractivity contribution is 0.154. The number of hydrogen-bond donors (Lipinski definition) is 2. The zero-order valence-corrected chi connectivity index (χ0v) is 24.4. The largest absolute Gasteiger partial charge is 0.491 e. The normalized spacial score (nSPS) is 13.7. The van der Waals surface area contributed by atoms with Gasteiger partial charge in [-0.2, -0.15) is 0 Å². The van der Waals surface area contributed by atoms with Crippen LogP contribution in [-0.2, 0) is 5.41 Å². The van der Waals surface area contributed by atoms with Crippen LogP contribution in [0.4, 0.5) is 0 Å². The van der Waals surface area contributed by atoms with E-state index in [2.05, 4.69) is 102 Å². The molecule has 2 aromatic rings. The van der Waals surface area contributed by atoms with Gasteiger partial charge in [0.25, 0.3) is 0 Å². The lowest BCUT2D eigenvalue weighted by atomic mass is 9.78. The fraction of sp³-hybridized carbons (Fsp3) is 0.478. The zero-order chi connectivity index (χ0) is 23.3. The van der Waals surface area contributed by atoms with Crippen LogP contribution in [0.2, 0.25) is 0 Å². The Hall–Kier alpha value is -0.120. The number of hydrogen-bond acceptors (Lipinski definition) is 4. The Morgan fingerprint density at radius 2 is 1.00 bits per heavy atom. The quantitative estimate of drug-likeness (QED) is 0.274. The van der Waals surface area contributed by atoms with Crippen LogP contribution in [0.3, 0.4) is 0 Å². The molecule has 31 heavy (non-hydrogen) atoms. The van der Waals surface area contributed by atoms with Gasteiger partial charge in [0.05, 0.1) is 43.3 Å². The van der Waals surface area contributed by atoms with Gasteiger partial charge in [0, 0.05) is 18.3 Å². The fourth-order valence-corrected chi connectivity index (χ4v) is 5.78. The Balaban J connectivity index is 2.30. The summed E-state index contributed by atoms with van der Waals surface area (Å²) in [7, 11) is 0. The second kappa shape index (κ2) is 11.8. The molecule has 2 aromatic carbocycles. The number of benzene rings is 2. The van der Waals surface area contributed by atoms with Crippen LogP contribution in [0.1, 0.15) is 51.7 Å². The van der Waals surface area contributed by atoms with E-state index < -0.39 is 12.2 Å². The van der Waals surface area contributed by atoms with E-state index in [1.54, 1.807) is 13.8 Å². The van der Waals surface area contributed by atoms with Crippen molar-refractivity contribution in [3.8, 4) is 11.5 Å². The summed E-state index contributed by atoms with van der Waals surface area (Å²) >= 11 is 14.5. The van der Waals surface area contributed by atoms with Crippen LogP contribution in [0.25, 0.3) is 0 Å². The molecule has 0 amide bonds. The summed E-state index contributed by atoms with van der Waals surface area (Å²) in [4.78, 5) is 0. The van der Waals surface area contributed by atoms with Crippen LogP contribution in [0.15, 0.2) is 42.2 Å². The van der Waals surface area contributed by atoms with Crippen molar-refractivity contribution in [3.05, 3.63) is 53.3 Å². The van der Waals surface area contributed by atoms with Gasteiger partial charge in [-0.1, -0.05) is 13.8 Å². The standard InChI is InChI=1S/C23H28Br4O4/c1-13(28)5-7-30-21-17(24)9-15(10-18(21)25)23(3,4)16-11-19(26)22(20(27)12-16)31-8-6-14(2)29/h9-14,28-29H,5-8H2,1-4H3. The van der Waals surface area contributed by atoms with E-state index in [9.17, 15) is 10.2 Å². The van der Waals surface area contributed by atoms with Crippen LogP contribution in [0, 0.1) is 0 Å². The van der Waals surface area contributed by atoms with Crippen molar-refractivity contribution in [2.75, 3.05) is 13.2 Å². The summed E-state index contributed by atoms with van der Waals surface area (Å²) in [5.74, 6) is 1.45. The SMILES string of the molecule is CC(O)CCOc1c(Br)cc(C(C)(C)c2cc(Br)c(OCCC(C)O)c(Br)c2)cc1Br. The van der Waals surface area contributed by atoms with Crippen LogP contribution < -0.4 is 9.47 Å². The number of halogens is 4. The molecular weight excluding hydrogens is 660 g/mol. The molecule has 0 heterocycles. The van der Waals surface area contributed by atoms with E-state index in [1.807, 2.05) is 0 Å². The third-order valence-electron chi connectivity index (χ3n) is 5.00. The second-order valence-corrected chi connectivity index (χ2v) is 11.6. The number of ether oxygens (including phenoxy) is 2. The molecule has 4 nitrogen and oxygen atoms in total. The molecule has 0 saturated carbocycles. The molecule has 0 radical (unpaired) electrons. The number of rotatable bonds is 10. The fourth-order valence-electron chi connectivity index (χ4n) is 2.95. The highest BCUT2D eigenvalue weighted by Crippen LogP contribution is 2.44. The molecule has 0 spiro atoms. The van der Waals surface area contributed by atoms with E-state index in [0.29, 0.717) is 26.1 Å². The maximum absolute atomic E-state index is 9.45. The molecule has 0 bridgehead atoms. The number of aliphatic hydroxyl groups is 2. The summed E-state index contributed by atoms with van der Waals surface area (Å²) < 4.78 is 15.1. The molecule has 2 unspecified atom stereocenters. The summed E-state index contributed by atoms with van der Waals surface area (Å²) in [5, 5.41) is 18.9. The third kappa shape index (κ3) is 7.44. The predicted octanol–water partition coefficient (Wildman–Crippen LogP) is 7.36. The number of aliphatic hydroxyl groups excluding tert-OH is 2. The Kier molecular flexibility index (Phi) is 10.4. The highest BCUT2D eigenvalue weighted by Gasteiger charge is 2.27. The predicted molar refractivity (Wildman–Crippen MR) is 139 cm³/mol. The minimum absolute atomic E-state index is 0.299. The molecule has 2 N–H and O–H groups in total. The van der Waals surface area contributed by atoms with Crippen molar-refractivity contribution in [3.63, 3.8) is 0 Å². The Bertz CT molecular complexity index is 780. The molecule has 2 atom stereocenters. The van der Waals surface area contributed by atoms with E-state index in [0.717, 1.165) is 40.5 Å². The van der Waals surface area contributed by atoms with Crippen LogP contribution >= 0.6 is 63.7 Å². The van der Waals surface area contributed by atoms with Crippen molar-refractivity contribution >= 4 is 63.7 Å². The van der Waals surface area contributed by atoms with Crippen molar-refractivity contribution < 1.29 is 19.7 Å². The Morgan fingerprint density at radius 3 is 1.26 bits per heavy atom. The van der Waals surface area contributed by atoms with Gasteiger partial charge in [-0.3, -0.25) is 0 Å². The minimum atomic E-state index is -0.397. The molecule has 0 fully saturated rings. The minimum Gasteiger partial charge on any atom is -0.491 e. The highest BCUT2D eigenvalue weighted by atomic mass is 79.9. The average Bonchev–Trinajstić information content (AvgIpc) is 2.65. The first-order chi connectivity index (χ1) is 14.4. The topological polar surface area (TPSA) is 58.9 Å². The van der Waals surface area contributed by atoms with Crippen molar-refractivity contribution in [1.82, 2.24) is 0 Å². The van der Waals surface area contributed by atoms with Gasteiger partial charge in [0.15, 0.2) is 0 Å². The molecule has 0 aliphatic heterocycles. The zero-order valence-electron chi connectivity index (χ0n) is 18.0. The third-order valence-corrected chi connectivity index (χ3v) is 7.36. The van der Waals surface area contributed by atoms with E-state index in [-0.39, 0.29) is 5.41 Å². The summed E-state index contributed by atoms with van der Waals surface area (Å²) in [6.07, 6.45) is 0.345. The molecule has 2 rings (SSSR count). The lowest BCUT2D eigenvalue weighted by Crippen LogP contribution is -2.19.